The maximum atomic E-state index is 13.2. The third-order valence-electron chi connectivity index (χ3n) is 4.94. The Bertz CT molecular complexity index is 849. The average Bonchev–Trinajstić information content (AvgIpc) is 2.77. The lowest BCUT2D eigenvalue weighted by atomic mass is 10.1. The van der Waals surface area contributed by atoms with Crippen molar-refractivity contribution in [2.45, 2.75) is 46.7 Å². The van der Waals surface area contributed by atoms with E-state index in [0.717, 1.165) is 11.1 Å². The quantitative estimate of drug-likeness (QED) is 0.591. The van der Waals surface area contributed by atoms with E-state index in [2.05, 4.69) is 5.32 Å². The van der Waals surface area contributed by atoms with E-state index in [9.17, 15) is 9.59 Å². The fourth-order valence-corrected chi connectivity index (χ4v) is 3.17. The predicted molar refractivity (Wildman–Crippen MR) is 122 cm³/mol. The smallest absolute Gasteiger partial charge is 0.261 e. The van der Waals surface area contributed by atoms with E-state index >= 15 is 0 Å². The lowest BCUT2D eigenvalue weighted by Gasteiger charge is -2.31. The summed E-state index contributed by atoms with van der Waals surface area (Å²) in [6, 6.07) is 14.5. The van der Waals surface area contributed by atoms with Gasteiger partial charge in [0.1, 0.15) is 17.5 Å². The highest BCUT2D eigenvalue weighted by Crippen LogP contribution is 2.18. The number of methoxy groups -OCH3 is 1. The average molecular weight is 427 g/mol. The number of nitrogens with zero attached hydrogens (tertiary/aromatic N) is 1. The Morgan fingerprint density at radius 1 is 1.06 bits per heavy atom. The highest BCUT2D eigenvalue weighted by Gasteiger charge is 2.29. The summed E-state index contributed by atoms with van der Waals surface area (Å²) in [5.74, 6) is 1.27. The topological polar surface area (TPSA) is 67.9 Å². The van der Waals surface area contributed by atoms with Gasteiger partial charge in [0, 0.05) is 13.1 Å². The molecule has 168 valence electrons. The van der Waals surface area contributed by atoms with Crippen LogP contribution in [0.5, 0.6) is 11.5 Å². The number of hydrogen-bond acceptors (Lipinski definition) is 4. The minimum atomic E-state index is -0.584. The van der Waals surface area contributed by atoms with Gasteiger partial charge in [0.05, 0.1) is 7.11 Å². The molecule has 6 heteroatoms. The number of nitrogens with one attached hydrogen (secondary N) is 1. The number of carbonyl (C=O) groups excluding carboxylic acids is 2. The summed E-state index contributed by atoms with van der Waals surface area (Å²) in [6.07, 6.45) is 0.504. The first kappa shape index (κ1) is 24.3. The highest BCUT2D eigenvalue weighted by atomic mass is 16.5. The van der Waals surface area contributed by atoms with Crippen LogP contribution >= 0.6 is 0 Å². The van der Waals surface area contributed by atoms with Gasteiger partial charge in [-0.3, -0.25) is 9.59 Å². The molecule has 1 atom stereocenters. The number of ether oxygens (including phenoxy) is 2. The third-order valence-corrected chi connectivity index (χ3v) is 4.94. The van der Waals surface area contributed by atoms with E-state index in [1.54, 1.807) is 12.0 Å². The van der Waals surface area contributed by atoms with Crippen molar-refractivity contribution in [1.82, 2.24) is 10.2 Å². The molecule has 1 N–H and O–H groups in total. The largest absolute Gasteiger partial charge is 0.497 e. The molecule has 2 aromatic rings. The third kappa shape index (κ3) is 7.63. The maximum Gasteiger partial charge on any atom is 0.261 e. The van der Waals surface area contributed by atoms with Crippen LogP contribution in [0.15, 0.2) is 48.5 Å². The molecule has 31 heavy (non-hydrogen) atoms. The van der Waals surface area contributed by atoms with Crippen LogP contribution in [0, 0.1) is 12.8 Å². The van der Waals surface area contributed by atoms with Gasteiger partial charge in [0.15, 0.2) is 6.61 Å². The second-order valence-corrected chi connectivity index (χ2v) is 8.04. The first-order valence-corrected chi connectivity index (χ1v) is 10.7. The molecule has 0 aliphatic carbocycles. The van der Waals surface area contributed by atoms with Crippen molar-refractivity contribution in [3.05, 3.63) is 59.7 Å². The van der Waals surface area contributed by atoms with E-state index in [0.29, 0.717) is 36.9 Å². The first-order valence-electron chi connectivity index (χ1n) is 10.7. The molecular formula is C25H34N2O4. The molecule has 6 nitrogen and oxygen atoms in total. The van der Waals surface area contributed by atoms with Gasteiger partial charge in [-0.05, 0) is 49.1 Å². The second kappa shape index (κ2) is 12.0. The zero-order valence-corrected chi connectivity index (χ0v) is 19.2. The van der Waals surface area contributed by atoms with Crippen molar-refractivity contribution < 1.29 is 19.1 Å². The first-order chi connectivity index (χ1) is 14.8. The van der Waals surface area contributed by atoms with Crippen LogP contribution in [0.3, 0.4) is 0 Å². The molecule has 0 aliphatic rings. The Kier molecular flexibility index (Phi) is 9.38. The predicted octanol–water partition coefficient (Wildman–Crippen LogP) is 3.96. The lowest BCUT2D eigenvalue weighted by Crippen LogP contribution is -2.50. The van der Waals surface area contributed by atoms with Crippen LogP contribution in [-0.2, 0) is 16.1 Å². The molecule has 2 aromatic carbocycles. The van der Waals surface area contributed by atoms with Gasteiger partial charge in [-0.15, -0.1) is 0 Å². The number of rotatable bonds is 11. The van der Waals surface area contributed by atoms with Crippen molar-refractivity contribution in [1.29, 1.82) is 0 Å². The van der Waals surface area contributed by atoms with E-state index in [1.165, 1.54) is 0 Å². The summed E-state index contributed by atoms with van der Waals surface area (Å²) < 4.78 is 11.0. The van der Waals surface area contributed by atoms with Gasteiger partial charge in [0.2, 0.25) is 5.91 Å². The Morgan fingerprint density at radius 3 is 2.39 bits per heavy atom. The summed E-state index contributed by atoms with van der Waals surface area (Å²) in [5, 5.41) is 2.96. The fraction of sp³-hybridized carbons (Fsp3) is 0.440. The molecule has 0 saturated carbocycles. The molecule has 0 aliphatic heterocycles. The van der Waals surface area contributed by atoms with Crippen LogP contribution in [-0.4, -0.2) is 43.0 Å². The van der Waals surface area contributed by atoms with Gasteiger partial charge in [-0.2, -0.15) is 0 Å². The van der Waals surface area contributed by atoms with Crippen LogP contribution in [0.1, 0.15) is 38.3 Å². The Hall–Kier alpha value is -3.02. The van der Waals surface area contributed by atoms with Crippen molar-refractivity contribution in [2.24, 2.45) is 5.92 Å². The van der Waals surface area contributed by atoms with E-state index in [4.69, 9.17) is 9.47 Å². The summed E-state index contributed by atoms with van der Waals surface area (Å²) in [6.45, 7) is 8.70. The zero-order chi connectivity index (χ0) is 22.8. The molecule has 0 heterocycles. The SMILES string of the molecule is CC[C@@H](C(=O)NCC(C)C)N(Cc1cccc(OC)c1)C(=O)COc1ccc(C)cc1. The molecule has 2 amide bonds. The minimum absolute atomic E-state index is 0.138. The Balaban J connectivity index is 2.20. The highest BCUT2D eigenvalue weighted by molar-refractivity contribution is 5.88. The van der Waals surface area contributed by atoms with Crippen LogP contribution in [0.4, 0.5) is 0 Å². The van der Waals surface area contributed by atoms with Crippen molar-refractivity contribution in [3.63, 3.8) is 0 Å². The molecule has 0 bridgehead atoms. The summed E-state index contributed by atoms with van der Waals surface area (Å²) in [7, 11) is 1.60. The number of aryl methyl sites for hydroxylation is 1. The van der Waals surface area contributed by atoms with E-state index in [-0.39, 0.29) is 18.4 Å². The van der Waals surface area contributed by atoms with Gasteiger partial charge in [-0.25, -0.2) is 0 Å². The number of hydrogen-bond donors (Lipinski definition) is 1. The molecule has 0 fully saturated rings. The van der Waals surface area contributed by atoms with Crippen molar-refractivity contribution >= 4 is 11.8 Å². The van der Waals surface area contributed by atoms with Gasteiger partial charge < -0.3 is 19.7 Å². The van der Waals surface area contributed by atoms with Crippen LogP contribution in [0.25, 0.3) is 0 Å². The summed E-state index contributed by atoms with van der Waals surface area (Å²) in [4.78, 5) is 27.6. The van der Waals surface area contributed by atoms with Crippen LogP contribution < -0.4 is 14.8 Å². The van der Waals surface area contributed by atoms with Gasteiger partial charge in [0.25, 0.3) is 5.91 Å². The normalized spacial score (nSPS) is 11.7. The zero-order valence-electron chi connectivity index (χ0n) is 19.2. The molecule has 0 radical (unpaired) electrons. The second-order valence-electron chi connectivity index (χ2n) is 8.04. The fourth-order valence-electron chi connectivity index (χ4n) is 3.17. The van der Waals surface area contributed by atoms with Gasteiger partial charge in [-0.1, -0.05) is 50.6 Å². The standard InChI is InChI=1S/C25H34N2O4/c1-6-23(25(29)26-15-18(2)3)27(16-20-8-7-9-22(14-20)30-5)24(28)17-31-21-12-10-19(4)11-13-21/h7-14,18,23H,6,15-17H2,1-5H3,(H,26,29)/t23-/m0/s1. The van der Waals surface area contributed by atoms with E-state index < -0.39 is 6.04 Å². The van der Waals surface area contributed by atoms with Crippen molar-refractivity contribution in [3.8, 4) is 11.5 Å². The molecular weight excluding hydrogens is 392 g/mol. The lowest BCUT2D eigenvalue weighted by molar-refractivity contribution is -0.143. The monoisotopic (exact) mass is 426 g/mol. The molecule has 0 aromatic heterocycles. The van der Waals surface area contributed by atoms with Crippen molar-refractivity contribution in [2.75, 3.05) is 20.3 Å². The summed E-state index contributed by atoms with van der Waals surface area (Å²) in [5.41, 5.74) is 2.00. The molecule has 0 saturated heterocycles. The number of carbonyl (C=O) groups is 2. The van der Waals surface area contributed by atoms with Crippen LogP contribution in [0.2, 0.25) is 0 Å². The minimum Gasteiger partial charge on any atom is -0.497 e. The summed E-state index contributed by atoms with van der Waals surface area (Å²) >= 11 is 0. The Labute approximate surface area is 185 Å². The number of benzene rings is 2. The Morgan fingerprint density at radius 2 is 1.77 bits per heavy atom. The molecule has 2 rings (SSSR count). The number of amides is 2. The molecule has 0 spiro atoms. The molecule has 0 unspecified atom stereocenters. The van der Waals surface area contributed by atoms with E-state index in [1.807, 2.05) is 76.2 Å². The maximum absolute atomic E-state index is 13.2. The van der Waals surface area contributed by atoms with Gasteiger partial charge >= 0.3 is 0 Å².